The van der Waals surface area contributed by atoms with Crippen LogP contribution in [-0.4, -0.2) is 0 Å². The second-order valence-electron chi connectivity index (χ2n) is 7.80. The molecule has 2 rings (SSSR count). The van der Waals surface area contributed by atoms with Crippen molar-refractivity contribution in [1.29, 1.82) is 0 Å². The molecule has 0 radical (unpaired) electrons. The van der Waals surface area contributed by atoms with Gasteiger partial charge in [0.05, 0.1) is 11.4 Å². The van der Waals surface area contributed by atoms with E-state index in [0.29, 0.717) is 0 Å². The summed E-state index contributed by atoms with van der Waals surface area (Å²) in [5, 5.41) is 8.80. The lowest BCUT2D eigenvalue weighted by Crippen LogP contribution is -2.16. The van der Waals surface area contributed by atoms with Gasteiger partial charge in [-0.2, -0.15) is 10.2 Å². The first kappa shape index (κ1) is 16.4. The normalized spacial score (nSPS) is 12.8. The summed E-state index contributed by atoms with van der Waals surface area (Å²) in [5.74, 6) is 0. The fraction of sp³-hybridized carbons (Fsp3) is 0.400. The molecule has 2 aromatic carbocycles. The van der Waals surface area contributed by atoms with E-state index < -0.39 is 0 Å². The summed E-state index contributed by atoms with van der Waals surface area (Å²) in [6.45, 7) is 13.4. The van der Waals surface area contributed by atoms with Gasteiger partial charge in [-0.1, -0.05) is 65.8 Å². The Morgan fingerprint density at radius 2 is 1.05 bits per heavy atom. The van der Waals surface area contributed by atoms with Crippen LogP contribution in [-0.2, 0) is 10.8 Å². The average Bonchev–Trinajstić information content (AvgIpc) is 2.44. The molecule has 0 amide bonds. The van der Waals surface area contributed by atoms with Crippen LogP contribution in [0, 0.1) is 0 Å². The maximum atomic E-state index is 4.45. The summed E-state index contributed by atoms with van der Waals surface area (Å²) in [5.41, 5.74) is 4.57. The number of azo groups is 1. The molecule has 0 saturated heterocycles. The van der Waals surface area contributed by atoms with Crippen LogP contribution in [0.4, 0.5) is 11.4 Å². The van der Waals surface area contributed by atoms with E-state index in [0.717, 1.165) is 11.4 Å². The lowest BCUT2D eigenvalue weighted by molar-refractivity contribution is 0.568. The second-order valence-corrected chi connectivity index (χ2v) is 7.80. The Kier molecular flexibility index (Phi) is 4.50. The van der Waals surface area contributed by atoms with E-state index in [4.69, 9.17) is 0 Å². The van der Waals surface area contributed by atoms with Crippen LogP contribution < -0.4 is 0 Å². The quantitative estimate of drug-likeness (QED) is 0.551. The standard InChI is InChI=1S/C20H26N2/c1-19(2,3)15-12-16(20(4,5)6)14-18(13-15)22-21-17-10-8-7-9-11-17/h7-14H,1-6H3. The summed E-state index contributed by atoms with van der Waals surface area (Å²) in [6.07, 6.45) is 0. The van der Waals surface area contributed by atoms with Crippen LogP contribution in [0.25, 0.3) is 0 Å². The number of rotatable bonds is 2. The Morgan fingerprint density at radius 3 is 1.50 bits per heavy atom. The van der Waals surface area contributed by atoms with Gasteiger partial charge in [0, 0.05) is 0 Å². The third-order valence-corrected chi connectivity index (χ3v) is 3.69. The van der Waals surface area contributed by atoms with Gasteiger partial charge in [0.2, 0.25) is 0 Å². The molecule has 0 aromatic heterocycles. The molecule has 0 fully saturated rings. The van der Waals surface area contributed by atoms with E-state index >= 15 is 0 Å². The van der Waals surface area contributed by atoms with Gasteiger partial charge in [0.15, 0.2) is 0 Å². The zero-order valence-corrected chi connectivity index (χ0v) is 14.5. The van der Waals surface area contributed by atoms with Crippen molar-refractivity contribution in [2.75, 3.05) is 0 Å². The van der Waals surface area contributed by atoms with E-state index in [9.17, 15) is 0 Å². The highest BCUT2D eigenvalue weighted by Crippen LogP contribution is 2.33. The van der Waals surface area contributed by atoms with Crippen LogP contribution >= 0.6 is 0 Å². The largest absolute Gasteiger partial charge is 0.151 e. The topological polar surface area (TPSA) is 24.7 Å². The van der Waals surface area contributed by atoms with Crippen LogP contribution in [0.3, 0.4) is 0 Å². The first-order valence-electron chi connectivity index (χ1n) is 7.79. The zero-order chi connectivity index (χ0) is 16.4. The van der Waals surface area contributed by atoms with Crippen LogP contribution in [0.1, 0.15) is 52.7 Å². The number of hydrogen-bond donors (Lipinski definition) is 0. The Hall–Kier alpha value is -1.96. The molecule has 0 atom stereocenters. The van der Waals surface area contributed by atoms with Gasteiger partial charge in [-0.15, -0.1) is 0 Å². The molecule has 0 saturated carbocycles. The molecule has 2 aromatic rings. The van der Waals surface area contributed by atoms with Crippen LogP contribution in [0.15, 0.2) is 58.8 Å². The van der Waals surface area contributed by atoms with Gasteiger partial charge in [-0.3, -0.25) is 0 Å². The Bertz CT molecular complexity index is 624. The minimum Gasteiger partial charge on any atom is -0.151 e. The molecule has 0 bridgehead atoms. The van der Waals surface area contributed by atoms with Crippen molar-refractivity contribution in [3.05, 3.63) is 59.7 Å². The molecule has 0 unspecified atom stereocenters. The average molecular weight is 294 g/mol. The zero-order valence-electron chi connectivity index (χ0n) is 14.5. The molecule has 0 aliphatic carbocycles. The lowest BCUT2D eigenvalue weighted by atomic mass is 9.80. The molecule has 2 nitrogen and oxygen atoms in total. The van der Waals surface area contributed by atoms with Gasteiger partial charge in [-0.25, -0.2) is 0 Å². The summed E-state index contributed by atoms with van der Waals surface area (Å²) < 4.78 is 0. The van der Waals surface area contributed by atoms with Crippen molar-refractivity contribution in [3.8, 4) is 0 Å². The smallest absolute Gasteiger partial charge is 0.0862 e. The van der Waals surface area contributed by atoms with Crippen molar-refractivity contribution in [1.82, 2.24) is 0 Å². The molecule has 2 heteroatoms. The van der Waals surface area contributed by atoms with E-state index in [2.05, 4.69) is 70.0 Å². The van der Waals surface area contributed by atoms with Crippen molar-refractivity contribution in [2.45, 2.75) is 52.4 Å². The molecular formula is C20H26N2. The van der Waals surface area contributed by atoms with Crippen LogP contribution in [0.5, 0.6) is 0 Å². The van der Waals surface area contributed by atoms with E-state index in [1.54, 1.807) is 0 Å². The number of benzene rings is 2. The highest BCUT2D eigenvalue weighted by Gasteiger charge is 2.20. The van der Waals surface area contributed by atoms with Gasteiger partial charge in [0.1, 0.15) is 0 Å². The van der Waals surface area contributed by atoms with Gasteiger partial charge in [0.25, 0.3) is 0 Å². The predicted molar refractivity (Wildman–Crippen MR) is 94.5 cm³/mol. The van der Waals surface area contributed by atoms with E-state index in [1.165, 1.54) is 11.1 Å². The predicted octanol–water partition coefficient (Wildman–Crippen LogP) is 6.70. The monoisotopic (exact) mass is 294 g/mol. The van der Waals surface area contributed by atoms with Crippen LogP contribution in [0.2, 0.25) is 0 Å². The summed E-state index contributed by atoms with van der Waals surface area (Å²) in [6, 6.07) is 16.4. The molecule has 22 heavy (non-hydrogen) atoms. The third kappa shape index (κ3) is 4.27. The summed E-state index contributed by atoms with van der Waals surface area (Å²) in [4.78, 5) is 0. The maximum absolute atomic E-state index is 4.45. The van der Waals surface area contributed by atoms with Crippen molar-refractivity contribution in [3.63, 3.8) is 0 Å². The van der Waals surface area contributed by atoms with Gasteiger partial charge >= 0.3 is 0 Å². The lowest BCUT2D eigenvalue weighted by Gasteiger charge is -2.25. The SMILES string of the molecule is CC(C)(C)c1cc(N=Nc2ccccc2)cc(C(C)(C)C)c1. The minimum absolute atomic E-state index is 0.0955. The van der Waals surface area contributed by atoms with Crippen molar-refractivity contribution < 1.29 is 0 Å². The highest BCUT2D eigenvalue weighted by molar-refractivity contribution is 5.48. The Labute approximate surface area is 134 Å². The van der Waals surface area contributed by atoms with Gasteiger partial charge in [-0.05, 0) is 46.2 Å². The Balaban J connectivity index is 2.45. The fourth-order valence-electron chi connectivity index (χ4n) is 2.15. The van der Waals surface area contributed by atoms with Gasteiger partial charge < -0.3 is 0 Å². The molecular weight excluding hydrogens is 268 g/mol. The van der Waals surface area contributed by atoms with Crippen molar-refractivity contribution >= 4 is 11.4 Å². The molecule has 0 aliphatic rings. The summed E-state index contributed by atoms with van der Waals surface area (Å²) in [7, 11) is 0. The molecule has 116 valence electrons. The molecule has 0 spiro atoms. The first-order valence-corrected chi connectivity index (χ1v) is 7.79. The number of hydrogen-bond acceptors (Lipinski definition) is 2. The first-order chi connectivity index (χ1) is 10.2. The minimum atomic E-state index is 0.0955. The van der Waals surface area contributed by atoms with E-state index in [-0.39, 0.29) is 10.8 Å². The fourth-order valence-corrected chi connectivity index (χ4v) is 2.15. The van der Waals surface area contributed by atoms with Crippen molar-refractivity contribution in [2.24, 2.45) is 10.2 Å². The second kappa shape index (κ2) is 6.04. The maximum Gasteiger partial charge on any atom is 0.0862 e. The number of nitrogens with zero attached hydrogens (tertiary/aromatic N) is 2. The highest BCUT2D eigenvalue weighted by atomic mass is 15.1. The molecule has 0 heterocycles. The summed E-state index contributed by atoms with van der Waals surface area (Å²) >= 11 is 0. The van der Waals surface area contributed by atoms with E-state index in [1.807, 2.05) is 30.3 Å². The Morgan fingerprint density at radius 1 is 0.591 bits per heavy atom. The molecule has 0 N–H and O–H groups in total. The molecule has 0 aliphatic heterocycles. The third-order valence-electron chi connectivity index (χ3n) is 3.69.